The summed E-state index contributed by atoms with van der Waals surface area (Å²) in [5, 5.41) is 12.6. The summed E-state index contributed by atoms with van der Waals surface area (Å²) in [4.78, 5) is 8.06. The minimum atomic E-state index is 0.111. The van der Waals surface area contributed by atoms with Crippen molar-refractivity contribution in [1.82, 2.24) is 9.97 Å². The molecule has 13 heavy (non-hydrogen) atoms. The summed E-state index contributed by atoms with van der Waals surface area (Å²) in [5.41, 5.74) is 0. The molecular formula is C7H10ClN3OS. The quantitative estimate of drug-likeness (QED) is 0.590. The second-order valence-electron chi connectivity index (χ2n) is 2.17. The normalized spacial score (nSPS) is 10.1. The zero-order valence-electron chi connectivity index (χ0n) is 7.12. The van der Waals surface area contributed by atoms with Gasteiger partial charge in [-0.25, -0.2) is 9.97 Å². The van der Waals surface area contributed by atoms with Crippen molar-refractivity contribution in [2.24, 2.45) is 0 Å². The fourth-order valence-electron chi connectivity index (χ4n) is 0.715. The third-order valence-corrected chi connectivity index (χ3v) is 2.63. The Morgan fingerprint density at radius 2 is 2.46 bits per heavy atom. The number of halogens is 1. The summed E-state index contributed by atoms with van der Waals surface area (Å²) >= 11 is 7.24. The lowest BCUT2D eigenvalue weighted by Crippen LogP contribution is -1.98. The Balaban J connectivity index is 2.78. The Morgan fingerprint density at radius 1 is 1.69 bits per heavy atom. The van der Waals surface area contributed by atoms with E-state index in [1.54, 1.807) is 13.2 Å². The topological polar surface area (TPSA) is 58.0 Å². The van der Waals surface area contributed by atoms with Crippen LogP contribution in [0, 0.1) is 0 Å². The molecule has 0 atom stereocenters. The van der Waals surface area contributed by atoms with Crippen LogP contribution in [0.1, 0.15) is 0 Å². The predicted octanol–water partition coefficient (Wildman–Crippen LogP) is 1.26. The van der Waals surface area contributed by atoms with Gasteiger partial charge in [0.2, 0.25) is 5.95 Å². The van der Waals surface area contributed by atoms with Gasteiger partial charge >= 0.3 is 0 Å². The molecule has 0 aliphatic carbocycles. The van der Waals surface area contributed by atoms with Crippen LogP contribution in [0.5, 0.6) is 0 Å². The van der Waals surface area contributed by atoms with Crippen molar-refractivity contribution in [3.8, 4) is 0 Å². The second kappa shape index (κ2) is 5.26. The highest BCUT2D eigenvalue weighted by Gasteiger charge is 2.04. The molecule has 1 aromatic heterocycles. The van der Waals surface area contributed by atoms with Crippen LogP contribution in [0.25, 0.3) is 0 Å². The van der Waals surface area contributed by atoms with Crippen molar-refractivity contribution in [1.29, 1.82) is 0 Å². The second-order valence-corrected chi connectivity index (χ2v) is 3.66. The van der Waals surface area contributed by atoms with Crippen LogP contribution in [0.2, 0.25) is 5.02 Å². The average molecular weight is 220 g/mol. The van der Waals surface area contributed by atoms with Gasteiger partial charge in [-0.2, -0.15) is 0 Å². The number of nitrogens with zero attached hydrogens (tertiary/aromatic N) is 2. The molecule has 1 aromatic rings. The molecule has 1 rings (SSSR count). The van der Waals surface area contributed by atoms with Gasteiger partial charge in [-0.05, 0) is 0 Å². The van der Waals surface area contributed by atoms with E-state index in [-0.39, 0.29) is 6.61 Å². The van der Waals surface area contributed by atoms with E-state index < -0.39 is 0 Å². The van der Waals surface area contributed by atoms with E-state index in [1.807, 2.05) is 0 Å². The van der Waals surface area contributed by atoms with Gasteiger partial charge in [0.1, 0.15) is 5.03 Å². The zero-order valence-corrected chi connectivity index (χ0v) is 8.69. The third-order valence-electron chi connectivity index (χ3n) is 1.27. The van der Waals surface area contributed by atoms with E-state index in [1.165, 1.54) is 11.8 Å². The largest absolute Gasteiger partial charge is 0.396 e. The van der Waals surface area contributed by atoms with Crippen LogP contribution in [0.15, 0.2) is 11.2 Å². The third kappa shape index (κ3) is 3.02. The van der Waals surface area contributed by atoms with Crippen molar-refractivity contribution in [2.75, 3.05) is 24.7 Å². The maximum absolute atomic E-state index is 8.62. The number of aromatic nitrogens is 2. The SMILES string of the molecule is CNc1ncc(Cl)c(SCCO)n1. The Kier molecular flexibility index (Phi) is 4.27. The minimum Gasteiger partial charge on any atom is -0.396 e. The van der Waals surface area contributed by atoms with Crippen molar-refractivity contribution in [2.45, 2.75) is 5.03 Å². The number of nitrogens with one attached hydrogen (secondary N) is 1. The molecule has 4 nitrogen and oxygen atoms in total. The Bertz CT molecular complexity index is 284. The van der Waals surface area contributed by atoms with E-state index in [4.69, 9.17) is 16.7 Å². The lowest BCUT2D eigenvalue weighted by Gasteiger charge is -2.03. The van der Waals surface area contributed by atoms with Gasteiger partial charge in [-0.1, -0.05) is 11.6 Å². The Hall–Kier alpha value is -0.520. The first-order valence-electron chi connectivity index (χ1n) is 3.72. The smallest absolute Gasteiger partial charge is 0.223 e. The van der Waals surface area contributed by atoms with Gasteiger partial charge in [0, 0.05) is 12.8 Å². The first kappa shape index (κ1) is 10.6. The van der Waals surface area contributed by atoms with Crippen LogP contribution in [-0.4, -0.2) is 34.5 Å². The molecule has 0 bridgehead atoms. The fraction of sp³-hybridized carbons (Fsp3) is 0.429. The molecule has 1 heterocycles. The highest BCUT2D eigenvalue weighted by Crippen LogP contribution is 2.24. The van der Waals surface area contributed by atoms with E-state index >= 15 is 0 Å². The number of anilines is 1. The van der Waals surface area contributed by atoms with Crippen LogP contribution in [-0.2, 0) is 0 Å². The molecule has 0 fully saturated rings. The zero-order chi connectivity index (χ0) is 9.68. The molecule has 72 valence electrons. The number of rotatable bonds is 4. The number of aliphatic hydroxyl groups excluding tert-OH is 1. The first-order chi connectivity index (χ1) is 6.27. The van der Waals surface area contributed by atoms with E-state index in [0.717, 1.165) is 0 Å². The van der Waals surface area contributed by atoms with Crippen LogP contribution in [0.3, 0.4) is 0 Å². The van der Waals surface area contributed by atoms with Gasteiger partial charge in [0.25, 0.3) is 0 Å². The highest BCUT2D eigenvalue weighted by atomic mass is 35.5. The molecule has 0 spiro atoms. The standard InChI is InChI=1S/C7H10ClN3OS/c1-9-7-10-4-5(8)6(11-7)13-3-2-12/h4,12H,2-3H2,1H3,(H,9,10,11). The summed E-state index contributed by atoms with van der Waals surface area (Å²) in [7, 11) is 1.74. The Morgan fingerprint density at radius 3 is 3.08 bits per heavy atom. The molecule has 0 saturated carbocycles. The molecule has 2 N–H and O–H groups in total. The van der Waals surface area contributed by atoms with Crippen molar-refractivity contribution in [3.63, 3.8) is 0 Å². The molecule has 0 aromatic carbocycles. The summed E-state index contributed by atoms with van der Waals surface area (Å²) in [5.74, 6) is 1.12. The van der Waals surface area contributed by atoms with Gasteiger partial charge in [0.05, 0.1) is 17.8 Å². The molecule has 0 radical (unpaired) electrons. The molecule has 0 unspecified atom stereocenters. The monoisotopic (exact) mass is 219 g/mol. The van der Waals surface area contributed by atoms with Gasteiger partial charge in [-0.3, -0.25) is 0 Å². The summed E-state index contributed by atoms with van der Waals surface area (Å²) in [6.45, 7) is 0.111. The highest BCUT2D eigenvalue weighted by molar-refractivity contribution is 7.99. The summed E-state index contributed by atoms with van der Waals surface area (Å²) in [6, 6.07) is 0. The van der Waals surface area contributed by atoms with Crippen LogP contribution < -0.4 is 5.32 Å². The van der Waals surface area contributed by atoms with E-state index in [9.17, 15) is 0 Å². The molecular weight excluding hydrogens is 210 g/mol. The number of hydrogen-bond acceptors (Lipinski definition) is 5. The van der Waals surface area contributed by atoms with E-state index in [0.29, 0.717) is 21.7 Å². The number of hydrogen-bond donors (Lipinski definition) is 2. The summed E-state index contributed by atoms with van der Waals surface area (Å²) < 4.78 is 0. The minimum absolute atomic E-state index is 0.111. The van der Waals surface area contributed by atoms with Gasteiger partial charge < -0.3 is 10.4 Å². The number of aliphatic hydroxyl groups is 1. The number of thioether (sulfide) groups is 1. The van der Waals surface area contributed by atoms with Crippen LogP contribution in [0.4, 0.5) is 5.95 Å². The van der Waals surface area contributed by atoms with Gasteiger partial charge in [0.15, 0.2) is 0 Å². The molecule has 0 amide bonds. The van der Waals surface area contributed by atoms with Crippen LogP contribution >= 0.6 is 23.4 Å². The fourth-order valence-corrected chi connectivity index (χ4v) is 1.60. The van der Waals surface area contributed by atoms with Crippen molar-refractivity contribution >= 4 is 29.3 Å². The Labute approximate surface area is 85.7 Å². The van der Waals surface area contributed by atoms with E-state index in [2.05, 4.69) is 15.3 Å². The molecule has 0 aliphatic heterocycles. The summed E-state index contributed by atoms with van der Waals surface area (Å²) in [6.07, 6.45) is 1.54. The lowest BCUT2D eigenvalue weighted by molar-refractivity contribution is 0.322. The lowest BCUT2D eigenvalue weighted by atomic mass is 10.6. The van der Waals surface area contributed by atoms with Gasteiger partial charge in [-0.15, -0.1) is 11.8 Å². The molecule has 0 aliphatic rings. The molecule has 6 heteroatoms. The van der Waals surface area contributed by atoms with Crippen molar-refractivity contribution in [3.05, 3.63) is 11.2 Å². The van der Waals surface area contributed by atoms with Crippen molar-refractivity contribution < 1.29 is 5.11 Å². The molecule has 0 saturated heterocycles. The first-order valence-corrected chi connectivity index (χ1v) is 5.08. The average Bonchev–Trinajstić information content (AvgIpc) is 2.17. The maximum atomic E-state index is 8.62. The maximum Gasteiger partial charge on any atom is 0.223 e. The predicted molar refractivity (Wildman–Crippen MR) is 54.4 cm³/mol.